The third-order valence-electron chi connectivity index (χ3n) is 3.86. The Morgan fingerprint density at radius 2 is 2.04 bits per heavy atom. The van der Waals surface area contributed by atoms with Crippen molar-refractivity contribution in [1.82, 2.24) is 14.9 Å². The molecule has 2 amide bonds. The number of carbonyl (C=O) groups is 2. The van der Waals surface area contributed by atoms with Gasteiger partial charge in [-0.05, 0) is 23.8 Å². The van der Waals surface area contributed by atoms with Crippen LogP contribution in [0.5, 0.6) is 0 Å². The van der Waals surface area contributed by atoms with Gasteiger partial charge in [0.05, 0.1) is 18.3 Å². The van der Waals surface area contributed by atoms with Crippen LogP contribution in [0.2, 0.25) is 0 Å². The Balaban J connectivity index is 1.78. The maximum absolute atomic E-state index is 13.4. The number of alkyl halides is 2. The van der Waals surface area contributed by atoms with Gasteiger partial charge >= 0.3 is 0 Å². The summed E-state index contributed by atoms with van der Waals surface area (Å²) in [6.07, 6.45) is -0.951. The third-order valence-corrected chi connectivity index (χ3v) is 4.35. The van der Waals surface area contributed by atoms with Gasteiger partial charge < -0.3 is 4.90 Å². The van der Waals surface area contributed by atoms with Crippen molar-refractivity contribution in [2.75, 3.05) is 18.4 Å². The number of aromatic nitrogens is 2. The van der Waals surface area contributed by atoms with E-state index in [4.69, 9.17) is 0 Å². The van der Waals surface area contributed by atoms with Gasteiger partial charge in [-0.3, -0.25) is 14.9 Å². The highest BCUT2D eigenvalue weighted by Crippen LogP contribution is 2.34. The standard InChI is InChI=1S/C16H12BrF3N4O2/c17-8-1-2-10-11(3-8)12(14(19)20)6-24(15(10)26)7-13(25)23-16-21-4-9(18)5-22-16/h1-5,12,14H,6-7H2,(H,21,22,23,25)/t12-/m1/s1. The third kappa shape index (κ3) is 3.85. The molecule has 26 heavy (non-hydrogen) atoms. The molecule has 1 aromatic heterocycles. The molecule has 3 rings (SSSR count). The fourth-order valence-corrected chi connectivity index (χ4v) is 3.07. The van der Waals surface area contributed by atoms with E-state index in [2.05, 4.69) is 31.2 Å². The predicted molar refractivity (Wildman–Crippen MR) is 89.4 cm³/mol. The van der Waals surface area contributed by atoms with E-state index < -0.39 is 36.5 Å². The van der Waals surface area contributed by atoms with Gasteiger partial charge in [0.15, 0.2) is 5.82 Å². The fourth-order valence-electron chi connectivity index (χ4n) is 2.69. The lowest BCUT2D eigenvalue weighted by Gasteiger charge is -2.33. The molecule has 10 heteroatoms. The first-order chi connectivity index (χ1) is 12.3. The molecule has 1 aliphatic heterocycles. The van der Waals surface area contributed by atoms with Crippen LogP contribution in [0, 0.1) is 5.82 Å². The molecule has 0 spiro atoms. The van der Waals surface area contributed by atoms with Crippen molar-refractivity contribution in [1.29, 1.82) is 0 Å². The van der Waals surface area contributed by atoms with Crippen LogP contribution in [0.3, 0.4) is 0 Å². The lowest BCUT2D eigenvalue weighted by Crippen LogP contribution is -2.45. The summed E-state index contributed by atoms with van der Waals surface area (Å²) < 4.78 is 40.3. The predicted octanol–water partition coefficient (Wildman–Crippen LogP) is 2.82. The summed E-state index contributed by atoms with van der Waals surface area (Å²) in [5.74, 6) is -3.19. The molecule has 0 aliphatic carbocycles. The van der Waals surface area contributed by atoms with Gasteiger partial charge in [0.2, 0.25) is 18.3 Å². The van der Waals surface area contributed by atoms with Crippen LogP contribution in [-0.2, 0) is 4.79 Å². The van der Waals surface area contributed by atoms with Gasteiger partial charge in [-0.15, -0.1) is 0 Å². The smallest absolute Gasteiger partial charge is 0.254 e. The topological polar surface area (TPSA) is 75.2 Å². The molecule has 1 N–H and O–H groups in total. The number of fused-ring (bicyclic) bond motifs is 1. The number of amides is 2. The number of hydrogen-bond acceptors (Lipinski definition) is 4. The highest BCUT2D eigenvalue weighted by molar-refractivity contribution is 9.10. The minimum atomic E-state index is -2.69. The summed E-state index contributed by atoms with van der Waals surface area (Å²) in [6, 6.07) is 4.52. The fraction of sp³-hybridized carbons (Fsp3) is 0.250. The Hall–Kier alpha value is -2.49. The summed E-state index contributed by atoms with van der Waals surface area (Å²) in [4.78, 5) is 32.8. The number of halogens is 4. The minimum Gasteiger partial charge on any atom is -0.328 e. The van der Waals surface area contributed by atoms with Gasteiger partial charge in [-0.1, -0.05) is 15.9 Å². The molecule has 0 bridgehead atoms. The molecule has 136 valence electrons. The van der Waals surface area contributed by atoms with Gasteiger partial charge in [0.25, 0.3) is 5.91 Å². The Kier molecular flexibility index (Phi) is 5.21. The van der Waals surface area contributed by atoms with E-state index in [9.17, 15) is 22.8 Å². The number of nitrogens with one attached hydrogen (secondary N) is 1. The second kappa shape index (κ2) is 7.40. The molecule has 1 aromatic carbocycles. The summed E-state index contributed by atoms with van der Waals surface area (Å²) in [5.41, 5.74) is 0.383. The summed E-state index contributed by atoms with van der Waals surface area (Å²) in [7, 11) is 0. The Labute approximate surface area is 154 Å². The molecular weight excluding hydrogens is 417 g/mol. The Morgan fingerprint density at radius 1 is 1.35 bits per heavy atom. The van der Waals surface area contributed by atoms with E-state index in [1.54, 1.807) is 6.07 Å². The highest BCUT2D eigenvalue weighted by Gasteiger charge is 2.37. The van der Waals surface area contributed by atoms with Gasteiger partial charge in [-0.25, -0.2) is 23.1 Å². The summed E-state index contributed by atoms with van der Waals surface area (Å²) in [5, 5.41) is 2.30. The summed E-state index contributed by atoms with van der Waals surface area (Å²) in [6.45, 7) is -0.740. The quantitative estimate of drug-likeness (QED) is 0.812. The summed E-state index contributed by atoms with van der Waals surface area (Å²) >= 11 is 3.21. The zero-order valence-corrected chi connectivity index (χ0v) is 14.7. The van der Waals surface area contributed by atoms with Crippen LogP contribution in [-0.4, -0.2) is 46.2 Å². The van der Waals surface area contributed by atoms with Gasteiger partial charge in [-0.2, -0.15) is 0 Å². The lowest BCUT2D eigenvalue weighted by molar-refractivity contribution is -0.117. The van der Waals surface area contributed by atoms with Crippen LogP contribution in [0.25, 0.3) is 0 Å². The normalized spacial score (nSPS) is 16.6. The van der Waals surface area contributed by atoms with E-state index >= 15 is 0 Å². The van der Waals surface area contributed by atoms with Crippen molar-refractivity contribution in [2.24, 2.45) is 0 Å². The molecule has 0 unspecified atom stereocenters. The molecular formula is C16H12BrF3N4O2. The molecule has 1 aliphatic rings. The van der Waals surface area contributed by atoms with Gasteiger partial charge in [0, 0.05) is 16.6 Å². The SMILES string of the molecule is O=C(CN1C[C@@H](C(F)F)c2cc(Br)ccc2C1=O)Nc1ncc(F)cn1. The van der Waals surface area contributed by atoms with Crippen molar-refractivity contribution < 1.29 is 22.8 Å². The first-order valence-corrected chi connectivity index (χ1v) is 8.28. The molecule has 2 aromatic rings. The van der Waals surface area contributed by atoms with Crippen molar-refractivity contribution in [3.8, 4) is 0 Å². The van der Waals surface area contributed by atoms with Gasteiger partial charge in [0.1, 0.15) is 6.54 Å². The molecule has 0 radical (unpaired) electrons. The van der Waals surface area contributed by atoms with E-state index in [-0.39, 0.29) is 23.6 Å². The molecule has 0 fully saturated rings. The number of rotatable bonds is 4. The number of anilines is 1. The van der Waals surface area contributed by atoms with Crippen molar-refractivity contribution >= 4 is 33.7 Å². The highest BCUT2D eigenvalue weighted by atomic mass is 79.9. The number of carbonyl (C=O) groups excluding carboxylic acids is 2. The molecule has 0 saturated heterocycles. The lowest BCUT2D eigenvalue weighted by atomic mass is 9.89. The Morgan fingerprint density at radius 3 is 2.69 bits per heavy atom. The average Bonchev–Trinajstić information content (AvgIpc) is 2.59. The largest absolute Gasteiger partial charge is 0.328 e. The molecule has 6 nitrogen and oxygen atoms in total. The first-order valence-electron chi connectivity index (χ1n) is 7.49. The van der Waals surface area contributed by atoms with E-state index in [1.165, 1.54) is 12.1 Å². The van der Waals surface area contributed by atoms with Crippen LogP contribution < -0.4 is 5.32 Å². The van der Waals surface area contributed by atoms with Crippen LogP contribution in [0.4, 0.5) is 19.1 Å². The zero-order chi connectivity index (χ0) is 18.8. The van der Waals surface area contributed by atoms with Crippen molar-refractivity contribution in [3.63, 3.8) is 0 Å². The minimum absolute atomic E-state index is 0.135. The number of hydrogen-bond donors (Lipinski definition) is 1. The average molecular weight is 429 g/mol. The van der Waals surface area contributed by atoms with Crippen molar-refractivity contribution in [2.45, 2.75) is 12.3 Å². The van der Waals surface area contributed by atoms with Crippen LogP contribution >= 0.6 is 15.9 Å². The molecule has 0 saturated carbocycles. The van der Waals surface area contributed by atoms with Crippen LogP contribution in [0.1, 0.15) is 21.8 Å². The van der Waals surface area contributed by atoms with Crippen molar-refractivity contribution in [3.05, 3.63) is 52.0 Å². The Bertz CT molecular complexity index is 848. The number of nitrogens with zero attached hydrogens (tertiary/aromatic N) is 3. The second-order valence-corrected chi connectivity index (χ2v) is 6.55. The van der Waals surface area contributed by atoms with E-state index in [0.29, 0.717) is 4.47 Å². The monoisotopic (exact) mass is 428 g/mol. The molecule has 1 atom stereocenters. The zero-order valence-electron chi connectivity index (χ0n) is 13.1. The van der Waals surface area contributed by atoms with E-state index in [0.717, 1.165) is 17.3 Å². The second-order valence-electron chi connectivity index (χ2n) is 5.63. The maximum Gasteiger partial charge on any atom is 0.254 e. The van der Waals surface area contributed by atoms with E-state index in [1.807, 2.05) is 0 Å². The number of benzene rings is 1. The van der Waals surface area contributed by atoms with Crippen LogP contribution in [0.15, 0.2) is 35.1 Å². The maximum atomic E-state index is 13.4. The molecule has 2 heterocycles. The first kappa shape index (κ1) is 18.3.